The van der Waals surface area contributed by atoms with E-state index in [0.29, 0.717) is 12.8 Å². The Balaban J connectivity index is 2.25. The number of aliphatic hydroxyl groups is 4. The number of piperidine rings is 1. The van der Waals surface area contributed by atoms with Crippen LogP contribution >= 0.6 is 0 Å². The quantitative estimate of drug-likeness (QED) is 0.281. The smallest absolute Gasteiger partial charge is 0.145 e. The maximum absolute atomic E-state index is 9.65. The first-order valence-electron chi connectivity index (χ1n) is 4.09. The Bertz CT molecular complexity index is 200. The molecule has 0 amide bonds. The van der Waals surface area contributed by atoms with Crippen LogP contribution in [0.3, 0.4) is 0 Å². The van der Waals surface area contributed by atoms with Crippen LogP contribution in [0.15, 0.2) is 0 Å². The molecule has 2 heterocycles. The summed E-state index contributed by atoms with van der Waals surface area (Å²) in [7, 11) is 0. The van der Waals surface area contributed by atoms with Crippen molar-refractivity contribution in [3.05, 3.63) is 0 Å². The maximum Gasteiger partial charge on any atom is 0.145 e. The second-order valence-corrected chi connectivity index (χ2v) is 3.64. The monoisotopic (exact) mass is 175 g/mol. The van der Waals surface area contributed by atoms with Crippen LogP contribution in [0.5, 0.6) is 0 Å². The normalized spacial score (nSPS) is 59.0. The fourth-order valence-electron chi connectivity index (χ4n) is 2.04. The second-order valence-electron chi connectivity index (χ2n) is 3.64. The van der Waals surface area contributed by atoms with Crippen molar-refractivity contribution in [1.29, 1.82) is 0 Å². The van der Waals surface area contributed by atoms with Crippen LogP contribution < -0.4 is 5.32 Å². The highest BCUT2D eigenvalue weighted by Crippen LogP contribution is 2.34. The van der Waals surface area contributed by atoms with E-state index in [2.05, 4.69) is 5.32 Å². The molecule has 0 aliphatic carbocycles. The van der Waals surface area contributed by atoms with Crippen LogP contribution in [0.2, 0.25) is 0 Å². The molecule has 2 aliphatic rings. The molecule has 5 atom stereocenters. The molecule has 2 aliphatic heterocycles. The zero-order valence-corrected chi connectivity index (χ0v) is 6.51. The zero-order valence-electron chi connectivity index (χ0n) is 6.51. The molecule has 0 spiro atoms. The minimum Gasteiger partial charge on any atom is -0.389 e. The molecule has 1 unspecified atom stereocenters. The lowest BCUT2D eigenvalue weighted by atomic mass is 9.94. The summed E-state index contributed by atoms with van der Waals surface area (Å²) < 4.78 is 0. The first-order valence-corrected chi connectivity index (χ1v) is 4.09. The van der Waals surface area contributed by atoms with Gasteiger partial charge in [-0.3, -0.25) is 5.32 Å². The molecule has 2 fully saturated rings. The van der Waals surface area contributed by atoms with Crippen molar-refractivity contribution < 1.29 is 20.4 Å². The van der Waals surface area contributed by atoms with Crippen LogP contribution in [0, 0.1) is 0 Å². The Kier molecular flexibility index (Phi) is 1.68. The highest BCUT2D eigenvalue weighted by atomic mass is 16.4. The van der Waals surface area contributed by atoms with Crippen molar-refractivity contribution in [1.82, 2.24) is 5.32 Å². The number of hydrogen-bond donors (Lipinski definition) is 5. The summed E-state index contributed by atoms with van der Waals surface area (Å²) in [5.74, 6) is 0. The van der Waals surface area contributed by atoms with Crippen molar-refractivity contribution in [2.75, 3.05) is 0 Å². The van der Waals surface area contributed by atoms with E-state index >= 15 is 0 Å². The van der Waals surface area contributed by atoms with Gasteiger partial charge in [0.05, 0.1) is 6.10 Å². The predicted octanol–water partition coefficient (Wildman–Crippen LogP) is -2.48. The van der Waals surface area contributed by atoms with Gasteiger partial charge in [0.2, 0.25) is 0 Å². The van der Waals surface area contributed by atoms with E-state index in [0.717, 1.165) is 0 Å². The van der Waals surface area contributed by atoms with Crippen LogP contribution in [0.4, 0.5) is 0 Å². The molecule has 2 saturated heterocycles. The first-order chi connectivity index (χ1) is 5.54. The molecule has 0 aromatic carbocycles. The molecule has 0 aromatic rings. The number of aliphatic hydroxyl groups excluding tert-OH is 3. The summed E-state index contributed by atoms with van der Waals surface area (Å²) in [4.78, 5) is 0. The second kappa shape index (κ2) is 2.40. The van der Waals surface area contributed by atoms with Gasteiger partial charge in [-0.15, -0.1) is 0 Å². The number of hydrogen-bond acceptors (Lipinski definition) is 5. The number of fused-ring (bicyclic) bond motifs is 2. The largest absolute Gasteiger partial charge is 0.389 e. The lowest BCUT2D eigenvalue weighted by Gasteiger charge is -2.40. The molecule has 12 heavy (non-hydrogen) atoms. The van der Waals surface area contributed by atoms with E-state index in [9.17, 15) is 20.4 Å². The minimum atomic E-state index is -1.40. The summed E-state index contributed by atoms with van der Waals surface area (Å²) in [6.07, 6.45) is -2.59. The first kappa shape index (κ1) is 8.40. The molecule has 0 saturated carbocycles. The molecule has 2 rings (SSSR count). The molecule has 0 aromatic heterocycles. The van der Waals surface area contributed by atoms with Gasteiger partial charge in [-0.1, -0.05) is 0 Å². The Hall–Kier alpha value is -0.200. The molecule has 70 valence electrons. The van der Waals surface area contributed by atoms with E-state index in [1.54, 1.807) is 0 Å². The van der Waals surface area contributed by atoms with Gasteiger partial charge in [0.25, 0.3) is 0 Å². The lowest BCUT2D eigenvalue weighted by Crippen LogP contribution is -2.67. The van der Waals surface area contributed by atoms with Gasteiger partial charge in [0.1, 0.15) is 17.9 Å². The Morgan fingerprint density at radius 3 is 2.50 bits per heavy atom. The van der Waals surface area contributed by atoms with Gasteiger partial charge >= 0.3 is 0 Å². The van der Waals surface area contributed by atoms with E-state index in [1.807, 2.05) is 0 Å². The third kappa shape index (κ3) is 0.915. The summed E-state index contributed by atoms with van der Waals surface area (Å²) in [6.45, 7) is 0. The fourth-order valence-corrected chi connectivity index (χ4v) is 2.04. The van der Waals surface area contributed by atoms with Crippen LogP contribution in [-0.2, 0) is 0 Å². The average molecular weight is 175 g/mol. The van der Waals surface area contributed by atoms with Crippen LogP contribution in [-0.4, -0.2) is 50.5 Å². The number of rotatable bonds is 0. The molecule has 5 N–H and O–H groups in total. The summed E-state index contributed by atoms with van der Waals surface area (Å²) in [6, 6.07) is -0.298. The molecular weight excluding hydrogens is 162 g/mol. The summed E-state index contributed by atoms with van der Waals surface area (Å²) >= 11 is 0. The highest BCUT2D eigenvalue weighted by Gasteiger charge is 2.55. The van der Waals surface area contributed by atoms with Crippen molar-refractivity contribution >= 4 is 0 Å². The Morgan fingerprint density at radius 2 is 1.83 bits per heavy atom. The maximum atomic E-state index is 9.65. The number of nitrogens with one attached hydrogen (secondary N) is 1. The van der Waals surface area contributed by atoms with Crippen molar-refractivity contribution in [2.45, 2.75) is 42.9 Å². The third-order valence-corrected chi connectivity index (χ3v) is 2.85. The van der Waals surface area contributed by atoms with Gasteiger partial charge in [0, 0.05) is 6.04 Å². The van der Waals surface area contributed by atoms with E-state index in [4.69, 9.17) is 0 Å². The average Bonchev–Trinajstić information content (AvgIpc) is 2.41. The van der Waals surface area contributed by atoms with Gasteiger partial charge in [-0.25, -0.2) is 0 Å². The SMILES string of the molecule is O[C@@H]1[C@H](O)C2CC[C@@](O)(N2)[C@H]1O. The minimum absolute atomic E-state index is 0.298. The van der Waals surface area contributed by atoms with Gasteiger partial charge in [-0.05, 0) is 12.8 Å². The van der Waals surface area contributed by atoms with Crippen LogP contribution in [0.1, 0.15) is 12.8 Å². The summed E-state index contributed by atoms with van der Waals surface area (Å²) in [5, 5.41) is 40.4. The van der Waals surface area contributed by atoms with Gasteiger partial charge < -0.3 is 20.4 Å². The van der Waals surface area contributed by atoms with Gasteiger partial charge in [0.15, 0.2) is 0 Å². The van der Waals surface area contributed by atoms with Gasteiger partial charge in [-0.2, -0.15) is 0 Å². The Morgan fingerprint density at radius 1 is 1.17 bits per heavy atom. The van der Waals surface area contributed by atoms with E-state index < -0.39 is 24.0 Å². The lowest BCUT2D eigenvalue weighted by molar-refractivity contribution is -0.186. The fraction of sp³-hybridized carbons (Fsp3) is 1.00. The Labute approximate surface area is 69.6 Å². The van der Waals surface area contributed by atoms with E-state index in [1.165, 1.54) is 0 Å². The molecular formula is C7H13NO4. The highest BCUT2D eigenvalue weighted by molar-refractivity contribution is 5.07. The van der Waals surface area contributed by atoms with Crippen molar-refractivity contribution in [2.24, 2.45) is 0 Å². The third-order valence-electron chi connectivity index (χ3n) is 2.85. The zero-order chi connectivity index (χ0) is 8.93. The molecule has 5 heteroatoms. The van der Waals surface area contributed by atoms with Crippen molar-refractivity contribution in [3.8, 4) is 0 Å². The molecule has 2 bridgehead atoms. The molecule has 0 radical (unpaired) electrons. The van der Waals surface area contributed by atoms with Crippen molar-refractivity contribution in [3.63, 3.8) is 0 Å². The topological polar surface area (TPSA) is 93.0 Å². The van der Waals surface area contributed by atoms with Crippen LogP contribution in [0.25, 0.3) is 0 Å². The standard InChI is InChI=1S/C7H13NO4/c9-4-3-1-2-7(12,8-3)6(11)5(4)10/h3-6,8-12H,1-2H2/t3?,4-,5-,6+,7+/m1/s1. The van der Waals surface area contributed by atoms with E-state index in [-0.39, 0.29) is 6.04 Å². The molecule has 5 nitrogen and oxygen atoms in total. The summed E-state index contributed by atoms with van der Waals surface area (Å²) in [5.41, 5.74) is -1.40. The predicted molar refractivity (Wildman–Crippen MR) is 39.1 cm³/mol.